The van der Waals surface area contributed by atoms with Crippen LogP contribution in [0.15, 0.2) is 33.5 Å². The Hall–Kier alpha value is -3.49. The fourth-order valence-electron chi connectivity index (χ4n) is 3.90. The van der Waals surface area contributed by atoms with Gasteiger partial charge in [0.05, 0.1) is 10.9 Å². The molecular weight excluding hydrogens is 439 g/mol. The second kappa shape index (κ2) is 8.46. The first-order valence-electron chi connectivity index (χ1n) is 10.5. The first kappa shape index (κ1) is 22.7. The molecule has 1 aliphatic heterocycles. The molecule has 0 amide bonds. The van der Waals surface area contributed by atoms with E-state index in [0.29, 0.717) is 30.8 Å². The van der Waals surface area contributed by atoms with Gasteiger partial charge in [0.2, 0.25) is 11.2 Å². The zero-order valence-electron chi connectivity index (χ0n) is 18.4. The molecule has 2 aromatic carbocycles. The lowest BCUT2D eigenvalue weighted by Gasteiger charge is -2.20. The third-order valence-electron chi connectivity index (χ3n) is 5.26. The smallest absolute Gasteiger partial charge is 0.450 e. The van der Waals surface area contributed by atoms with Crippen LogP contribution in [0.3, 0.4) is 0 Å². The molecule has 0 saturated heterocycles. The maximum atomic E-state index is 14.1. The number of ether oxygens (including phenoxy) is 2. The van der Waals surface area contributed by atoms with Gasteiger partial charge in [0.15, 0.2) is 23.3 Å². The normalized spacial score (nSPS) is 13.3. The van der Waals surface area contributed by atoms with Gasteiger partial charge in [-0.3, -0.25) is 4.79 Å². The molecule has 1 N–H and O–H groups in total. The molecule has 0 fully saturated rings. The van der Waals surface area contributed by atoms with Crippen LogP contribution in [0.5, 0.6) is 17.2 Å². The number of phenolic OH excluding ortho intramolecular Hbond substituents is 1. The summed E-state index contributed by atoms with van der Waals surface area (Å²) in [5.74, 6) is -0.999. The van der Waals surface area contributed by atoms with E-state index in [1.807, 2.05) is 6.92 Å². The van der Waals surface area contributed by atoms with E-state index in [1.165, 1.54) is 30.5 Å². The molecule has 0 spiro atoms. The predicted molar refractivity (Wildman–Crippen MR) is 117 cm³/mol. The molecule has 6 nitrogen and oxygen atoms in total. The number of alkyl halides is 3. The number of aryl methyl sites for hydroxylation is 1. The molecule has 1 aromatic heterocycles. The summed E-state index contributed by atoms with van der Waals surface area (Å²) in [5, 5.41) is 10.7. The van der Waals surface area contributed by atoms with E-state index >= 15 is 0 Å². The van der Waals surface area contributed by atoms with Crippen molar-refractivity contribution in [3.05, 3.63) is 51.4 Å². The summed E-state index contributed by atoms with van der Waals surface area (Å²) in [6.45, 7) is 2.47. The lowest BCUT2D eigenvalue weighted by atomic mass is 9.97. The summed E-state index contributed by atoms with van der Waals surface area (Å²) in [5.41, 5.74) is -1.29. The average molecular weight is 462 g/mol. The third-order valence-corrected chi connectivity index (χ3v) is 5.26. The molecule has 0 atom stereocenters. The molecule has 0 bridgehead atoms. The first-order chi connectivity index (χ1) is 15.6. The molecule has 0 unspecified atom stereocenters. The quantitative estimate of drug-likeness (QED) is 0.453. The summed E-state index contributed by atoms with van der Waals surface area (Å²) in [4.78, 5) is 13.5. The van der Waals surface area contributed by atoms with Crippen LogP contribution in [-0.2, 0) is 12.6 Å². The minimum absolute atomic E-state index is 0.00507. The van der Waals surface area contributed by atoms with Gasteiger partial charge < -0.3 is 19.0 Å². The van der Waals surface area contributed by atoms with Gasteiger partial charge in [0.1, 0.15) is 38.6 Å². The number of hydrogen-bond donors (Lipinski definition) is 1. The van der Waals surface area contributed by atoms with Gasteiger partial charge in [0, 0.05) is 0 Å². The highest BCUT2D eigenvalue weighted by molar-refractivity contribution is 5.99. The molecule has 0 radical (unpaired) electrons. The van der Waals surface area contributed by atoms with Crippen LogP contribution in [0.1, 0.15) is 30.2 Å². The van der Waals surface area contributed by atoms with Gasteiger partial charge in [-0.1, -0.05) is 19.4 Å². The monoisotopic (exact) mass is 462 g/mol. The van der Waals surface area contributed by atoms with Crippen molar-refractivity contribution in [2.24, 2.45) is 0 Å². The van der Waals surface area contributed by atoms with E-state index in [1.54, 1.807) is 18.7 Å². The van der Waals surface area contributed by atoms with Crippen molar-refractivity contribution < 1.29 is 36.7 Å². The molecule has 3 aromatic rings. The number of fused-ring (bicyclic) bond motifs is 2. The number of aromatic hydroxyl groups is 1. The standard InChI is InChI=1S/C24H22F3NO5/c1-4-5-14-10-15-21(30)19(13-6-7-17-18(11-13)32-9-8-31-17)23(24(25,26)27)33-22(15)16(20(14)29)12-28(2)3/h6-7,10-12H,4-5,8-9H2,1-3H3/p+1. The highest BCUT2D eigenvalue weighted by Gasteiger charge is 2.40. The van der Waals surface area contributed by atoms with Crippen molar-refractivity contribution in [1.29, 1.82) is 0 Å². The molecular formula is C24H23F3NO5+. The Balaban J connectivity index is 2.11. The lowest BCUT2D eigenvalue weighted by Crippen LogP contribution is -2.18. The van der Waals surface area contributed by atoms with E-state index in [4.69, 9.17) is 13.9 Å². The molecule has 4 rings (SSSR count). The minimum Gasteiger partial charge on any atom is -0.507 e. The van der Waals surface area contributed by atoms with Crippen LogP contribution in [0.4, 0.5) is 13.2 Å². The summed E-state index contributed by atoms with van der Waals surface area (Å²) in [7, 11) is 3.31. The number of hydrogen-bond acceptors (Lipinski definition) is 5. The molecule has 174 valence electrons. The maximum absolute atomic E-state index is 14.1. The van der Waals surface area contributed by atoms with E-state index in [9.17, 15) is 23.1 Å². The van der Waals surface area contributed by atoms with Crippen molar-refractivity contribution in [1.82, 2.24) is 0 Å². The minimum atomic E-state index is -4.96. The summed E-state index contributed by atoms with van der Waals surface area (Å²) in [6.07, 6.45) is -2.41. The summed E-state index contributed by atoms with van der Waals surface area (Å²) in [6, 6.07) is 5.61. The van der Waals surface area contributed by atoms with Crippen molar-refractivity contribution in [3.63, 3.8) is 0 Å². The number of phenols is 1. The Kier molecular flexibility index (Phi) is 5.82. The fraction of sp³-hybridized carbons (Fsp3) is 0.333. The number of rotatable bonds is 4. The van der Waals surface area contributed by atoms with Gasteiger partial charge >= 0.3 is 6.18 Å². The van der Waals surface area contributed by atoms with Gasteiger partial charge in [-0.05, 0) is 35.7 Å². The van der Waals surface area contributed by atoms with E-state index in [0.717, 1.165) is 0 Å². The maximum Gasteiger partial charge on any atom is 0.450 e. The van der Waals surface area contributed by atoms with Crippen LogP contribution in [0.2, 0.25) is 0 Å². The zero-order valence-corrected chi connectivity index (χ0v) is 18.4. The van der Waals surface area contributed by atoms with Crippen LogP contribution in [0, 0.1) is 0 Å². The topological polar surface area (TPSA) is 71.9 Å². The molecule has 2 heterocycles. The molecule has 0 aliphatic carbocycles. The second-order valence-electron chi connectivity index (χ2n) is 8.01. The SMILES string of the molecule is CCCc1cc2c(=O)c(-c3ccc4c(c3)OCCO4)c(C(F)(F)F)oc2c(C=[N+](C)C)c1O. The average Bonchev–Trinajstić information content (AvgIpc) is 2.76. The number of benzene rings is 2. The molecule has 0 saturated carbocycles. The molecule has 9 heteroatoms. The van der Waals surface area contributed by atoms with E-state index in [-0.39, 0.29) is 40.2 Å². The second-order valence-corrected chi connectivity index (χ2v) is 8.01. The van der Waals surface area contributed by atoms with Crippen molar-refractivity contribution in [2.75, 3.05) is 27.3 Å². The van der Waals surface area contributed by atoms with Crippen LogP contribution < -0.4 is 14.9 Å². The van der Waals surface area contributed by atoms with Crippen molar-refractivity contribution >= 4 is 17.2 Å². The summed E-state index contributed by atoms with van der Waals surface area (Å²) >= 11 is 0. The van der Waals surface area contributed by atoms with E-state index in [2.05, 4.69) is 0 Å². The van der Waals surface area contributed by atoms with Crippen LogP contribution in [-0.4, -0.2) is 43.2 Å². The summed E-state index contributed by atoms with van der Waals surface area (Å²) < 4.78 is 60.2. The third kappa shape index (κ3) is 4.15. The van der Waals surface area contributed by atoms with Crippen molar-refractivity contribution in [2.45, 2.75) is 25.9 Å². The number of halogens is 3. The van der Waals surface area contributed by atoms with Gasteiger partial charge in [0.25, 0.3) is 0 Å². The Bertz CT molecular complexity index is 1320. The molecule has 33 heavy (non-hydrogen) atoms. The lowest BCUT2D eigenvalue weighted by molar-refractivity contribution is -0.458. The predicted octanol–water partition coefficient (Wildman–Crippen LogP) is 4.60. The van der Waals surface area contributed by atoms with Gasteiger partial charge in [-0.15, -0.1) is 0 Å². The van der Waals surface area contributed by atoms with Crippen molar-refractivity contribution in [3.8, 4) is 28.4 Å². The largest absolute Gasteiger partial charge is 0.507 e. The van der Waals surface area contributed by atoms with Crippen LogP contribution >= 0.6 is 0 Å². The van der Waals surface area contributed by atoms with Crippen LogP contribution in [0.25, 0.3) is 22.1 Å². The number of nitrogens with zero attached hydrogens (tertiary/aromatic N) is 1. The highest BCUT2D eigenvalue weighted by atomic mass is 19.4. The first-order valence-corrected chi connectivity index (χ1v) is 10.5. The fourth-order valence-corrected chi connectivity index (χ4v) is 3.90. The zero-order chi connectivity index (χ0) is 23.9. The molecule has 1 aliphatic rings. The Labute approximate surface area is 187 Å². The Morgan fingerprint density at radius 3 is 2.45 bits per heavy atom. The Morgan fingerprint density at radius 1 is 1.12 bits per heavy atom. The highest BCUT2D eigenvalue weighted by Crippen LogP contribution is 2.42. The Morgan fingerprint density at radius 2 is 1.82 bits per heavy atom. The van der Waals surface area contributed by atoms with E-state index < -0.39 is 22.9 Å². The van der Waals surface area contributed by atoms with Gasteiger partial charge in [-0.25, -0.2) is 4.58 Å². The van der Waals surface area contributed by atoms with Gasteiger partial charge in [-0.2, -0.15) is 13.2 Å².